The first-order valence-electron chi connectivity index (χ1n) is 16.8. The minimum atomic E-state index is 0.571. The molecule has 0 fully saturated rings. The first-order valence-corrected chi connectivity index (χ1v) is 16.8. The zero-order valence-electron chi connectivity index (χ0n) is 27.2. The van der Waals surface area contributed by atoms with Gasteiger partial charge in [-0.05, 0) is 47.2 Å². The summed E-state index contributed by atoms with van der Waals surface area (Å²) in [6.45, 7) is 0. The Bertz CT molecular complexity index is 2860. The SMILES string of the molecule is c1ccc(-c2nc(-c3ccccc3)nc(-c3cccc4oc5ccc(-c6nc(-c7ccc8ccccc8c7)c7ccccc7n6)cc5c34)n2)cc1. The Morgan fingerprint density at radius 2 is 1.00 bits per heavy atom. The third-order valence-corrected chi connectivity index (χ3v) is 9.32. The molecule has 10 rings (SSSR count). The molecular formula is C45H27N5O. The van der Waals surface area contributed by atoms with Gasteiger partial charge >= 0.3 is 0 Å². The summed E-state index contributed by atoms with van der Waals surface area (Å²) < 4.78 is 6.43. The number of benzene rings is 7. The van der Waals surface area contributed by atoms with Crippen molar-refractivity contribution in [2.75, 3.05) is 0 Å². The van der Waals surface area contributed by atoms with Crippen molar-refractivity contribution >= 4 is 43.6 Å². The van der Waals surface area contributed by atoms with Crippen LogP contribution in [0.3, 0.4) is 0 Å². The summed E-state index contributed by atoms with van der Waals surface area (Å²) >= 11 is 0. The molecule has 0 radical (unpaired) electrons. The molecule has 0 N–H and O–H groups in total. The third kappa shape index (κ3) is 5.09. The van der Waals surface area contributed by atoms with E-state index in [0.717, 1.165) is 66.4 Å². The summed E-state index contributed by atoms with van der Waals surface area (Å²) in [4.78, 5) is 25.2. The van der Waals surface area contributed by atoms with E-state index in [1.54, 1.807) is 0 Å². The van der Waals surface area contributed by atoms with Crippen molar-refractivity contribution in [3.05, 3.63) is 164 Å². The van der Waals surface area contributed by atoms with Crippen LogP contribution in [0, 0.1) is 0 Å². The number of nitrogens with zero attached hydrogens (tertiary/aromatic N) is 5. The van der Waals surface area contributed by atoms with Gasteiger partial charge in [0.1, 0.15) is 11.2 Å². The summed E-state index contributed by atoms with van der Waals surface area (Å²) in [7, 11) is 0. The fourth-order valence-electron chi connectivity index (χ4n) is 6.84. The Kier molecular flexibility index (Phi) is 6.70. The molecule has 238 valence electrons. The number of fused-ring (bicyclic) bond motifs is 5. The second-order valence-electron chi connectivity index (χ2n) is 12.5. The molecule has 10 aromatic rings. The van der Waals surface area contributed by atoms with Crippen LogP contribution in [0.5, 0.6) is 0 Å². The molecule has 0 saturated carbocycles. The Morgan fingerprint density at radius 3 is 1.78 bits per heavy atom. The van der Waals surface area contributed by atoms with Crippen LogP contribution in [0.1, 0.15) is 0 Å². The molecule has 0 atom stereocenters. The summed E-state index contributed by atoms with van der Waals surface area (Å²) in [5.41, 5.74) is 7.91. The standard InChI is InChI=1S/C45H27N5O/c1-3-13-29(14-4-1)42-48-43(30-15-5-2-6-16-30)50-45(49-42)35-19-11-21-39-40(35)36-27-33(24-25-38(36)51-39)44-46-37-20-10-9-18-34(37)41(47-44)32-23-22-28-12-7-8-17-31(28)26-32/h1-27H. The minimum Gasteiger partial charge on any atom is -0.456 e. The molecule has 3 aromatic heterocycles. The van der Waals surface area contributed by atoms with E-state index >= 15 is 0 Å². The largest absolute Gasteiger partial charge is 0.456 e. The zero-order chi connectivity index (χ0) is 33.7. The molecular weight excluding hydrogens is 627 g/mol. The second kappa shape index (κ2) is 11.8. The van der Waals surface area contributed by atoms with Crippen LogP contribution in [0.25, 0.3) is 100 Å². The first-order chi connectivity index (χ1) is 25.2. The van der Waals surface area contributed by atoms with Crippen LogP contribution < -0.4 is 0 Å². The lowest BCUT2D eigenvalue weighted by Crippen LogP contribution is -2.00. The van der Waals surface area contributed by atoms with Gasteiger partial charge in [-0.15, -0.1) is 0 Å². The van der Waals surface area contributed by atoms with Gasteiger partial charge in [0.15, 0.2) is 23.3 Å². The van der Waals surface area contributed by atoms with Crippen molar-refractivity contribution in [1.29, 1.82) is 0 Å². The highest BCUT2D eigenvalue weighted by molar-refractivity contribution is 6.12. The fourth-order valence-corrected chi connectivity index (χ4v) is 6.84. The Morgan fingerprint density at radius 1 is 0.353 bits per heavy atom. The number of hydrogen-bond acceptors (Lipinski definition) is 6. The van der Waals surface area contributed by atoms with Gasteiger partial charge in [-0.2, -0.15) is 0 Å². The van der Waals surface area contributed by atoms with Crippen LogP contribution in [0.4, 0.5) is 0 Å². The highest BCUT2D eigenvalue weighted by atomic mass is 16.3. The molecule has 51 heavy (non-hydrogen) atoms. The predicted octanol–water partition coefficient (Wildman–Crippen LogP) is 11.2. The lowest BCUT2D eigenvalue weighted by molar-refractivity contribution is 0.669. The molecule has 6 nitrogen and oxygen atoms in total. The number of aromatic nitrogens is 5. The highest BCUT2D eigenvalue weighted by Crippen LogP contribution is 2.39. The molecule has 0 amide bonds. The molecule has 7 aromatic carbocycles. The van der Waals surface area contributed by atoms with Crippen molar-refractivity contribution < 1.29 is 4.42 Å². The quantitative estimate of drug-likeness (QED) is 0.184. The fraction of sp³-hybridized carbons (Fsp3) is 0. The van der Waals surface area contributed by atoms with E-state index in [4.69, 9.17) is 29.3 Å². The molecule has 0 aliphatic rings. The average Bonchev–Trinajstić information content (AvgIpc) is 3.59. The van der Waals surface area contributed by atoms with Gasteiger partial charge in [0.2, 0.25) is 0 Å². The Hall–Kier alpha value is -7.05. The van der Waals surface area contributed by atoms with E-state index in [2.05, 4.69) is 54.6 Å². The van der Waals surface area contributed by atoms with Crippen molar-refractivity contribution in [3.63, 3.8) is 0 Å². The van der Waals surface area contributed by atoms with Crippen LogP contribution in [-0.4, -0.2) is 24.9 Å². The molecule has 0 aliphatic heterocycles. The van der Waals surface area contributed by atoms with Gasteiger partial charge in [0.25, 0.3) is 0 Å². The monoisotopic (exact) mass is 653 g/mol. The molecule has 6 heteroatoms. The van der Waals surface area contributed by atoms with Crippen molar-refractivity contribution in [1.82, 2.24) is 24.9 Å². The Balaban J connectivity index is 1.17. The minimum absolute atomic E-state index is 0.571. The van der Waals surface area contributed by atoms with E-state index in [1.165, 1.54) is 10.8 Å². The molecule has 0 spiro atoms. The van der Waals surface area contributed by atoms with E-state index in [0.29, 0.717) is 23.3 Å². The maximum absolute atomic E-state index is 6.43. The second-order valence-corrected chi connectivity index (χ2v) is 12.5. The van der Waals surface area contributed by atoms with Crippen LogP contribution in [0.2, 0.25) is 0 Å². The lowest BCUT2D eigenvalue weighted by Gasteiger charge is -2.11. The van der Waals surface area contributed by atoms with Gasteiger partial charge in [-0.1, -0.05) is 127 Å². The zero-order valence-corrected chi connectivity index (χ0v) is 27.2. The van der Waals surface area contributed by atoms with Gasteiger partial charge in [-0.25, -0.2) is 24.9 Å². The van der Waals surface area contributed by atoms with Crippen molar-refractivity contribution in [2.45, 2.75) is 0 Å². The van der Waals surface area contributed by atoms with Crippen LogP contribution in [0.15, 0.2) is 168 Å². The number of para-hydroxylation sites is 1. The summed E-state index contributed by atoms with van der Waals surface area (Å²) in [5.74, 6) is 2.43. The van der Waals surface area contributed by atoms with Crippen LogP contribution in [-0.2, 0) is 0 Å². The Labute approximate surface area is 292 Å². The van der Waals surface area contributed by atoms with Crippen molar-refractivity contribution in [2.24, 2.45) is 0 Å². The van der Waals surface area contributed by atoms with E-state index in [-0.39, 0.29) is 0 Å². The summed E-state index contributed by atoms with van der Waals surface area (Å²) in [6, 6.07) is 55.3. The van der Waals surface area contributed by atoms with Gasteiger partial charge in [-0.3, -0.25) is 0 Å². The number of hydrogen-bond donors (Lipinski definition) is 0. The molecule has 3 heterocycles. The highest BCUT2D eigenvalue weighted by Gasteiger charge is 2.19. The van der Waals surface area contributed by atoms with E-state index in [1.807, 2.05) is 109 Å². The summed E-state index contributed by atoms with van der Waals surface area (Å²) in [5, 5.41) is 5.23. The average molecular weight is 654 g/mol. The number of rotatable bonds is 5. The van der Waals surface area contributed by atoms with Crippen LogP contribution >= 0.6 is 0 Å². The third-order valence-electron chi connectivity index (χ3n) is 9.32. The lowest BCUT2D eigenvalue weighted by atomic mass is 10.0. The van der Waals surface area contributed by atoms with E-state index < -0.39 is 0 Å². The smallest absolute Gasteiger partial charge is 0.164 e. The maximum Gasteiger partial charge on any atom is 0.164 e. The molecule has 0 aliphatic carbocycles. The predicted molar refractivity (Wildman–Crippen MR) is 205 cm³/mol. The van der Waals surface area contributed by atoms with Gasteiger partial charge in [0.05, 0.1) is 11.2 Å². The first kappa shape index (κ1) is 28.9. The normalized spacial score (nSPS) is 11.5. The molecule has 0 saturated heterocycles. The van der Waals surface area contributed by atoms with Gasteiger partial charge < -0.3 is 4.42 Å². The maximum atomic E-state index is 6.43. The number of furan rings is 1. The van der Waals surface area contributed by atoms with E-state index in [9.17, 15) is 0 Å². The van der Waals surface area contributed by atoms with Gasteiger partial charge in [0, 0.05) is 44.0 Å². The van der Waals surface area contributed by atoms with Crippen molar-refractivity contribution in [3.8, 4) is 56.8 Å². The topological polar surface area (TPSA) is 77.6 Å². The summed E-state index contributed by atoms with van der Waals surface area (Å²) in [6.07, 6.45) is 0. The molecule has 0 unspecified atom stereocenters. The molecule has 0 bridgehead atoms.